The van der Waals surface area contributed by atoms with Gasteiger partial charge in [0.1, 0.15) is 0 Å². The highest BCUT2D eigenvalue weighted by atomic mass is 16.1. The summed E-state index contributed by atoms with van der Waals surface area (Å²) in [5.41, 5.74) is 1.70. The number of hydrogen-bond donors (Lipinski definition) is 2. The second-order valence-corrected chi connectivity index (χ2v) is 5.87. The molecule has 2 aromatic heterocycles. The lowest BCUT2D eigenvalue weighted by molar-refractivity contribution is -0.122. The van der Waals surface area contributed by atoms with Crippen LogP contribution in [0.15, 0.2) is 18.3 Å². The van der Waals surface area contributed by atoms with E-state index in [0.717, 1.165) is 11.2 Å². The fourth-order valence-corrected chi connectivity index (χ4v) is 1.88. The van der Waals surface area contributed by atoms with Crippen LogP contribution in [0.2, 0.25) is 0 Å². The van der Waals surface area contributed by atoms with Crippen LogP contribution in [0.3, 0.4) is 0 Å². The van der Waals surface area contributed by atoms with Crippen LogP contribution in [0, 0.1) is 6.92 Å². The molecule has 6 heteroatoms. The maximum Gasteiger partial charge on any atom is 0.243 e. The molecule has 0 saturated carbocycles. The minimum atomic E-state index is -0.199. The topological polar surface area (TPSA) is 71.3 Å². The van der Waals surface area contributed by atoms with E-state index in [4.69, 9.17) is 0 Å². The zero-order valence-electron chi connectivity index (χ0n) is 12.4. The minimum Gasteiger partial charge on any atom is -0.352 e. The molecule has 6 nitrogen and oxygen atoms in total. The average Bonchev–Trinajstić information content (AvgIpc) is 2.71. The Morgan fingerprint density at radius 1 is 1.40 bits per heavy atom. The molecule has 0 aromatic carbocycles. The Bertz CT molecular complexity index is 612. The molecule has 0 unspecified atom stereocenters. The third-order valence-corrected chi connectivity index (χ3v) is 2.71. The molecule has 2 N–H and O–H groups in total. The van der Waals surface area contributed by atoms with Crippen molar-refractivity contribution >= 4 is 17.5 Å². The number of aryl methyl sites for hydroxylation is 1. The highest BCUT2D eigenvalue weighted by Crippen LogP contribution is 2.09. The maximum atomic E-state index is 11.7. The highest BCUT2D eigenvalue weighted by molar-refractivity contribution is 5.77. The van der Waals surface area contributed by atoms with Crippen molar-refractivity contribution in [3.8, 4) is 0 Å². The van der Waals surface area contributed by atoms with Crippen molar-refractivity contribution in [3.63, 3.8) is 0 Å². The number of anilines is 1. The van der Waals surface area contributed by atoms with Crippen LogP contribution in [0.25, 0.3) is 5.65 Å². The lowest BCUT2D eigenvalue weighted by atomic mass is 10.1. The van der Waals surface area contributed by atoms with Gasteiger partial charge >= 0.3 is 0 Å². The average molecular weight is 275 g/mol. The van der Waals surface area contributed by atoms with Crippen molar-refractivity contribution in [2.75, 3.05) is 11.9 Å². The van der Waals surface area contributed by atoms with Gasteiger partial charge in [-0.2, -0.15) is 4.98 Å². The molecule has 2 rings (SSSR count). The number of nitrogens with one attached hydrogen (secondary N) is 2. The van der Waals surface area contributed by atoms with E-state index >= 15 is 0 Å². The Hall–Kier alpha value is -2.11. The summed E-state index contributed by atoms with van der Waals surface area (Å²) in [6.45, 7) is 8.39. The second kappa shape index (κ2) is 5.48. The molecule has 0 fully saturated rings. The number of rotatable bonds is 4. The third kappa shape index (κ3) is 3.69. The van der Waals surface area contributed by atoms with E-state index in [9.17, 15) is 4.79 Å². The van der Waals surface area contributed by atoms with Gasteiger partial charge in [-0.1, -0.05) is 6.07 Å². The predicted octanol–water partition coefficient (Wildman–Crippen LogP) is 1.75. The first-order chi connectivity index (χ1) is 9.35. The minimum absolute atomic E-state index is 0.0185. The first kappa shape index (κ1) is 14.3. The van der Waals surface area contributed by atoms with Crippen LogP contribution in [-0.4, -0.2) is 32.6 Å². The lowest BCUT2D eigenvalue weighted by Crippen LogP contribution is -2.41. The summed E-state index contributed by atoms with van der Waals surface area (Å²) in [5.74, 6) is 0.563. The van der Waals surface area contributed by atoms with Gasteiger partial charge in [0.2, 0.25) is 11.9 Å². The van der Waals surface area contributed by atoms with Gasteiger partial charge in [0.15, 0.2) is 5.65 Å². The summed E-state index contributed by atoms with van der Waals surface area (Å²) in [7, 11) is 0. The molecule has 0 spiro atoms. The molecular formula is C14H21N5O. The van der Waals surface area contributed by atoms with Gasteiger partial charge < -0.3 is 10.6 Å². The molecule has 2 aromatic rings. The van der Waals surface area contributed by atoms with Gasteiger partial charge in [-0.05, 0) is 39.3 Å². The van der Waals surface area contributed by atoms with Gasteiger partial charge in [0, 0.05) is 24.7 Å². The standard InChI is InChI=1S/C14H21N5O/c1-10-6-5-9-19-12(10)16-13(18-19)15-8-7-11(20)17-14(2,3)4/h5-6,9H,7-8H2,1-4H3,(H,15,18)(H,17,20). The van der Waals surface area contributed by atoms with E-state index < -0.39 is 0 Å². The van der Waals surface area contributed by atoms with Crippen LogP contribution in [0.1, 0.15) is 32.8 Å². The van der Waals surface area contributed by atoms with Crippen LogP contribution in [0.4, 0.5) is 5.95 Å². The molecule has 2 heterocycles. The molecule has 108 valence electrons. The van der Waals surface area contributed by atoms with E-state index in [1.165, 1.54) is 0 Å². The summed E-state index contributed by atoms with van der Waals surface area (Å²) in [6, 6.07) is 3.92. The zero-order valence-corrected chi connectivity index (χ0v) is 12.4. The molecule has 0 saturated heterocycles. The largest absolute Gasteiger partial charge is 0.352 e. The molecule has 0 aliphatic heterocycles. The molecule has 0 aliphatic carbocycles. The summed E-state index contributed by atoms with van der Waals surface area (Å²) < 4.78 is 1.73. The summed E-state index contributed by atoms with van der Waals surface area (Å²) in [5, 5.41) is 10.3. The second-order valence-electron chi connectivity index (χ2n) is 5.87. The number of fused-ring (bicyclic) bond motifs is 1. The Labute approximate surface area is 118 Å². The van der Waals surface area contributed by atoms with Crippen molar-refractivity contribution in [3.05, 3.63) is 23.9 Å². The van der Waals surface area contributed by atoms with E-state index in [1.807, 2.05) is 46.0 Å². The van der Waals surface area contributed by atoms with E-state index in [0.29, 0.717) is 18.9 Å². The lowest BCUT2D eigenvalue weighted by Gasteiger charge is -2.20. The molecule has 1 amide bonds. The first-order valence-electron chi connectivity index (χ1n) is 6.72. The van der Waals surface area contributed by atoms with Crippen molar-refractivity contribution in [2.45, 2.75) is 39.7 Å². The van der Waals surface area contributed by atoms with Crippen molar-refractivity contribution in [2.24, 2.45) is 0 Å². The number of carbonyl (C=O) groups is 1. The molecular weight excluding hydrogens is 254 g/mol. The zero-order chi connectivity index (χ0) is 14.8. The van der Waals surface area contributed by atoms with Crippen molar-refractivity contribution < 1.29 is 4.79 Å². The Kier molecular flexibility index (Phi) is 3.92. The van der Waals surface area contributed by atoms with Crippen LogP contribution < -0.4 is 10.6 Å². The number of hydrogen-bond acceptors (Lipinski definition) is 4. The number of amides is 1. The molecule has 0 atom stereocenters. The Morgan fingerprint density at radius 3 is 2.80 bits per heavy atom. The normalized spacial score (nSPS) is 11.6. The molecule has 0 aliphatic rings. The number of nitrogens with zero attached hydrogens (tertiary/aromatic N) is 3. The highest BCUT2D eigenvalue weighted by Gasteiger charge is 2.13. The quantitative estimate of drug-likeness (QED) is 0.892. The Morgan fingerprint density at radius 2 is 2.15 bits per heavy atom. The van der Waals surface area contributed by atoms with Gasteiger partial charge in [-0.25, -0.2) is 4.52 Å². The summed E-state index contributed by atoms with van der Waals surface area (Å²) >= 11 is 0. The third-order valence-electron chi connectivity index (χ3n) is 2.71. The molecule has 20 heavy (non-hydrogen) atoms. The molecule has 0 radical (unpaired) electrons. The Balaban J connectivity index is 1.90. The summed E-state index contributed by atoms with van der Waals surface area (Å²) in [6.07, 6.45) is 2.25. The van der Waals surface area contributed by atoms with E-state index in [-0.39, 0.29) is 11.4 Å². The number of pyridine rings is 1. The number of carbonyl (C=O) groups excluding carboxylic acids is 1. The van der Waals surface area contributed by atoms with Crippen molar-refractivity contribution in [1.82, 2.24) is 19.9 Å². The molecule has 0 bridgehead atoms. The van der Waals surface area contributed by atoms with Gasteiger partial charge in [0.05, 0.1) is 0 Å². The van der Waals surface area contributed by atoms with Crippen LogP contribution in [0.5, 0.6) is 0 Å². The van der Waals surface area contributed by atoms with Crippen molar-refractivity contribution in [1.29, 1.82) is 0 Å². The predicted molar refractivity (Wildman–Crippen MR) is 78.7 cm³/mol. The van der Waals surface area contributed by atoms with E-state index in [1.54, 1.807) is 4.52 Å². The fraction of sp³-hybridized carbons (Fsp3) is 0.500. The van der Waals surface area contributed by atoms with Gasteiger partial charge in [-0.3, -0.25) is 4.79 Å². The van der Waals surface area contributed by atoms with Crippen LogP contribution in [-0.2, 0) is 4.79 Å². The maximum absolute atomic E-state index is 11.7. The summed E-state index contributed by atoms with van der Waals surface area (Å²) in [4.78, 5) is 16.1. The first-order valence-corrected chi connectivity index (χ1v) is 6.72. The number of aromatic nitrogens is 3. The SMILES string of the molecule is Cc1cccn2nc(NCCC(=O)NC(C)(C)C)nc12. The fourth-order valence-electron chi connectivity index (χ4n) is 1.88. The van der Waals surface area contributed by atoms with Gasteiger partial charge in [-0.15, -0.1) is 5.10 Å². The van der Waals surface area contributed by atoms with E-state index in [2.05, 4.69) is 20.7 Å². The van der Waals surface area contributed by atoms with Crippen LogP contribution >= 0.6 is 0 Å². The van der Waals surface area contributed by atoms with Gasteiger partial charge in [0.25, 0.3) is 0 Å². The monoisotopic (exact) mass is 275 g/mol. The smallest absolute Gasteiger partial charge is 0.243 e.